The third-order valence-electron chi connectivity index (χ3n) is 4.89. The van der Waals surface area contributed by atoms with E-state index in [-0.39, 0.29) is 5.75 Å². The van der Waals surface area contributed by atoms with Crippen LogP contribution in [-0.4, -0.2) is 15.0 Å². The average Bonchev–Trinajstić information content (AvgIpc) is 2.66. The second-order valence-electron chi connectivity index (χ2n) is 7.32. The van der Waals surface area contributed by atoms with E-state index in [1.165, 1.54) is 0 Å². The van der Waals surface area contributed by atoms with E-state index in [1.807, 2.05) is 68.4 Å². The minimum absolute atomic E-state index is 0.00156. The molecule has 0 unspecified atom stereocenters. The van der Waals surface area contributed by atoms with Crippen molar-refractivity contribution >= 4 is 9.84 Å². The lowest BCUT2D eigenvalue weighted by Gasteiger charge is -2.12. The molecule has 28 heavy (non-hydrogen) atoms. The van der Waals surface area contributed by atoms with E-state index in [9.17, 15) is 8.42 Å². The van der Waals surface area contributed by atoms with Crippen LogP contribution in [0.3, 0.4) is 0 Å². The summed E-state index contributed by atoms with van der Waals surface area (Å²) < 4.78 is 26.4. The van der Waals surface area contributed by atoms with Crippen molar-refractivity contribution in [2.24, 2.45) is 5.73 Å². The Morgan fingerprint density at radius 1 is 0.821 bits per heavy atom. The van der Waals surface area contributed by atoms with Crippen molar-refractivity contribution in [3.05, 3.63) is 89.0 Å². The SMILES string of the molecule is Cc1cccc(-c2ccc(C)c(S(=O)(=O)Cc3cccc(CCCN)c3)c2)c1. The summed E-state index contributed by atoms with van der Waals surface area (Å²) in [5, 5.41) is 0. The summed E-state index contributed by atoms with van der Waals surface area (Å²) in [6.45, 7) is 4.52. The van der Waals surface area contributed by atoms with E-state index in [0.717, 1.165) is 46.2 Å². The first-order chi connectivity index (χ1) is 13.4. The third-order valence-corrected chi connectivity index (χ3v) is 6.72. The second-order valence-corrected chi connectivity index (χ2v) is 9.28. The first-order valence-electron chi connectivity index (χ1n) is 9.57. The number of aryl methyl sites for hydroxylation is 3. The Kier molecular flexibility index (Phi) is 6.32. The van der Waals surface area contributed by atoms with Gasteiger partial charge in [0.1, 0.15) is 0 Å². The Labute approximate surface area is 168 Å². The van der Waals surface area contributed by atoms with E-state index >= 15 is 0 Å². The quantitative estimate of drug-likeness (QED) is 0.625. The van der Waals surface area contributed by atoms with Gasteiger partial charge in [-0.1, -0.05) is 66.2 Å². The van der Waals surface area contributed by atoms with Crippen LogP contribution in [0.25, 0.3) is 11.1 Å². The number of hydrogen-bond donors (Lipinski definition) is 1. The molecule has 0 aliphatic rings. The van der Waals surface area contributed by atoms with Gasteiger partial charge in [-0.15, -0.1) is 0 Å². The van der Waals surface area contributed by atoms with Crippen molar-refractivity contribution in [3.8, 4) is 11.1 Å². The van der Waals surface area contributed by atoms with Gasteiger partial charge in [-0.25, -0.2) is 8.42 Å². The first kappa shape index (κ1) is 20.3. The van der Waals surface area contributed by atoms with Crippen molar-refractivity contribution in [3.63, 3.8) is 0 Å². The maximum absolute atomic E-state index is 13.2. The van der Waals surface area contributed by atoms with Crippen molar-refractivity contribution < 1.29 is 8.42 Å². The molecule has 2 N–H and O–H groups in total. The summed E-state index contributed by atoms with van der Waals surface area (Å²) in [6, 6.07) is 21.6. The molecule has 0 aliphatic heterocycles. The molecule has 0 atom stereocenters. The molecule has 0 spiro atoms. The average molecular weight is 394 g/mol. The molecule has 0 aromatic heterocycles. The maximum atomic E-state index is 13.2. The summed E-state index contributed by atoms with van der Waals surface area (Å²) >= 11 is 0. The molecule has 3 nitrogen and oxygen atoms in total. The second kappa shape index (κ2) is 8.72. The predicted molar refractivity (Wildman–Crippen MR) is 116 cm³/mol. The Hall–Kier alpha value is -2.43. The number of nitrogens with two attached hydrogens (primary N) is 1. The zero-order valence-electron chi connectivity index (χ0n) is 16.5. The summed E-state index contributed by atoms with van der Waals surface area (Å²) in [5.74, 6) is 0.00156. The van der Waals surface area contributed by atoms with E-state index in [1.54, 1.807) is 6.07 Å². The lowest BCUT2D eigenvalue weighted by atomic mass is 10.0. The van der Waals surface area contributed by atoms with E-state index in [2.05, 4.69) is 6.07 Å². The van der Waals surface area contributed by atoms with Crippen molar-refractivity contribution in [1.82, 2.24) is 0 Å². The van der Waals surface area contributed by atoms with Gasteiger partial charge in [0.2, 0.25) is 0 Å². The molecule has 0 saturated carbocycles. The number of benzene rings is 3. The van der Waals surface area contributed by atoms with Gasteiger partial charge in [-0.2, -0.15) is 0 Å². The molecule has 4 heteroatoms. The highest BCUT2D eigenvalue weighted by molar-refractivity contribution is 7.90. The highest BCUT2D eigenvalue weighted by atomic mass is 32.2. The fraction of sp³-hybridized carbons (Fsp3) is 0.250. The van der Waals surface area contributed by atoms with Gasteiger partial charge < -0.3 is 5.73 Å². The summed E-state index contributed by atoms with van der Waals surface area (Å²) in [4.78, 5) is 0.402. The van der Waals surface area contributed by atoms with Crippen LogP contribution in [0.15, 0.2) is 71.6 Å². The minimum Gasteiger partial charge on any atom is -0.330 e. The first-order valence-corrected chi connectivity index (χ1v) is 11.2. The van der Waals surface area contributed by atoms with Crippen LogP contribution in [-0.2, 0) is 22.0 Å². The van der Waals surface area contributed by atoms with Gasteiger partial charge in [0.05, 0.1) is 10.6 Å². The standard InChI is InChI=1S/C24H27NO2S/c1-18-6-3-10-22(14-18)23-12-11-19(2)24(16-23)28(26,27)17-21-8-4-7-20(15-21)9-5-13-25/h3-4,6-8,10-12,14-16H,5,9,13,17,25H2,1-2H3. The molecule has 0 aliphatic carbocycles. The molecule has 0 bridgehead atoms. The topological polar surface area (TPSA) is 60.2 Å². The molecule has 146 valence electrons. The molecule has 0 amide bonds. The molecular weight excluding hydrogens is 366 g/mol. The number of hydrogen-bond acceptors (Lipinski definition) is 3. The Bertz CT molecular complexity index is 1070. The lowest BCUT2D eigenvalue weighted by Crippen LogP contribution is -2.08. The van der Waals surface area contributed by atoms with Gasteiger partial charge in [0.25, 0.3) is 0 Å². The monoisotopic (exact) mass is 393 g/mol. The Morgan fingerprint density at radius 3 is 2.29 bits per heavy atom. The smallest absolute Gasteiger partial charge is 0.182 e. The van der Waals surface area contributed by atoms with Crippen LogP contribution in [0.4, 0.5) is 0 Å². The van der Waals surface area contributed by atoms with Crippen LogP contribution in [0.2, 0.25) is 0 Å². The Balaban J connectivity index is 1.92. The normalized spacial score (nSPS) is 11.5. The van der Waals surface area contributed by atoms with Crippen molar-refractivity contribution in [2.45, 2.75) is 37.3 Å². The van der Waals surface area contributed by atoms with Gasteiger partial charge in [0, 0.05) is 0 Å². The van der Waals surface area contributed by atoms with Crippen molar-refractivity contribution in [1.29, 1.82) is 0 Å². The molecule has 0 saturated heterocycles. The van der Waals surface area contributed by atoms with E-state index < -0.39 is 9.84 Å². The van der Waals surface area contributed by atoms with Gasteiger partial charge in [-0.3, -0.25) is 0 Å². The van der Waals surface area contributed by atoms with E-state index in [0.29, 0.717) is 11.4 Å². The maximum Gasteiger partial charge on any atom is 0.182 e. The molecule has 3 aromatic rings. The van der Waals surface area contributed by atoms with Gasteiger partial charge in [-0.05, 0) is 67.1 Å². The van der Waals surface area contributed by atoms with Gasteiger partial charge in [0.15, 0.2) is 9.84 Å². The minimum atomic E-state index is -3.45. The van der Waals surface area contributed by atoms with Crippen LogP contribution >= 0.6 is 0 Å². The molecular formula is C24H27NO2S. The van der Waals surface area contributed by atoms with Crippen LogP contribution in [0.1, 0.15) is 28.7 Å². The van der Waals surface area contributed by atoms with Crippen LogP contribution < -0.4 is 5.73 Å². The third kappa shape index (κ3) is 4.89. The molecule has 0 fully saturated rings. The summed E-state index contributed by atoms with van der Waals surface area (Å²) in [7, 11) is -3.45. The predicted octanol–water partition coefficient (Wildman–Crippen LogP) is 4.84. The zero-order valence-corrected chi connectivity index (χ0v) is 17.3. The fourth-order valence-electron chi connectivity index (χ4n) is 3.42. The van der Waals surface area contributed by atoms with Crippen LogP contribution in [0.5, 0.6) is 0 Å². The largest absolute Gasteiger partial charge is 0.330 e. The number of sulfone groups is 1. The summed E-state index contributed by atoms with van der Waals surface area (Å²) in [5.41, 5.74) is 11.4. The highest BCUT2D eigenvalue weighted by Crippen LogP contribution is 2.28. The van der Waals surface area contributed by atoms with Crippen molar-refractivity contribution in [2.75, 3.05) is 6.54 Å². The van der Waals surface area contributed by atoms with E-state index in [4.69, 9.17) is 5.73 Å². The molecule has 3 aromatic carbocycles. The number of rotatable bonds is 7. The van der Waals surface area contributed by atoms with Gasteiger partial charge >= 0.3 is 0 Å². The molecule has 0 radical (unpaired) electrons. The molecule has 3 rings (SSSR count). The lowest BCUT2D eigenvalue weighted by molar-refractivity contribution is 0.594. The highest BCUT2D eigenvalue weighted by Gasteiger charge is 2.19. The molecule has 0 heterocycles. The fourth-order valence-corrected chi connectivity index (χ4v) is 5.06. The summed E-state index contributed by atoms with van der Waals surface area (Å²) in [6.07, 6.45) is 1.76. The Morgan fingerprint density at radius 2 is 1.54 bits per heavy atom. The van der Waals surface area contributed by atoms with Crippen LogP contribution in [0, 0.1) is 13.8 Å². The zero-order chi connectivity index (χ0) is 20.1.